The summed E-state index contributed by atoms with van der Waals surface area (Å²) in [4.78, 5) is 1.98. The molecule has 8 heteroatoms. The van der Waals surface area contributed by atoms with Gasteiger partial charge in [-0.25, -0.2) is 13.1 Å². The molecular formula is C13H21Cl2N3O2S. The third kappa shape index (κ3) is 4.81. The van der Waals surface area contributed by atoms with Crippen LogP contribution < -0.4 is 10.0 Å². The second kappa shape index (κ2) is 7.76. The Hall–Kier alpha value is -0.370. The standard InChI is InChI=1S/C13H21Cl2N3O2S/c1-9(18(3)4)7-17-21(19,20)12-6-5-11(14)10(8-16-2)13(12)15/h5-6,9,16-17H,7-8H2,1-4H3. The van der Waals surface area contributed by atoms with Gasteiger partial charge in [0.15, 0.2) is 0 Å². The third-order valence-corrected chi connectivity index (χ3v) is 5.61. The fraction of sp³-hybridized carbons (Fsp3) is 0.538. The van der Waals surface area contributed by atoms with E-state index in [1.807, 2.05) is 25.9 Å². The topological polar surface area (TPSA) is 61.4 Å². The highest BCUT2D eigenvalue weighted by Crippen LogP contribution is 2.30. The quantitative estimate of drug-likeness (QED) is 0.786. The van der Waals surface area contributed by atoms with E-state index in [2.05, 4.69) is 10.0 Å². The Morgan fingerprint density at radius 2 is 1.90 bits per heavy atom. The number of nitrogens with zero attached hydrogens (tertiary/aromatic N) is 1. The number of benzene rings is 1. The van der Waals surface area contributed by atoms with Gasteiger partial charge < -0.3 is 10.2 Å². The van der Waals surface area contributed by atoms with Gasteiger partial charge in [0.2, 0.25) is 10.0 Å². The van der Waals surface area contributed by atoms with Crippen molar-refractivity contribution >= 4 is 33.2 Å². The molecule has 0 heterocycles. The summed E-state index contributed by atoms with van der Waals surface area (Å²) in [5.41, 5.74) is 0.573. The van der Waals surface area contributed by atoms with E-state index < -0.39 is 10.0 Å². The number of sulfonamides is 1. The van der Waals surface area contributed by atoms with Gasteiger partial charge in [0.05, 0.1) is 5.02 Å². The Morgan fingerprint density at radius 1 is 1.29 bits per heavy atom. The van der Waals surface area contributed by atoms with Crippen LogP contribution in [0.15, 0.2) is 17.0 Å². The Bertz CT molecular complexity index is 591. The van der Waals surface area contributed by atoms with Gasteiger partial charge in [-0.05, 0) is 40.2 Å². The van der Waals surface area contributed by atoms with Crippen molar-refractivity contribution in [1.82, 2.24) is 14.9 Å². The minimum absolute atomic E-state index is 0.0461. The summed E-state index contributed by atoms with van der Waals surface area (Å²) in [6, 6.07) is 3.04. The molecule has 0 aliphatic rings. The molecular weight excluding hydrogens is 333 g/mol. The van der Waals surface area contributed by atoms with Crippen molar-refractivity contribution in [3.63, 3.8) is 0 Å². The molecule has 0 bridgehead atoms. The van der Waals surface area contributed by atoms with Crippen molar-refractivity contribution in [2.45, 2.75) is 24.4 Å². The summed E-state index contributed by atoms with van der Waals surface area (Å²) >= 11 is 12.3. The molecule has 1 rings (SSSR count). The predicted octanol–water partition coefficient (Wildman–Crippen LogP) is 1.94. The molecule has 0 saturated heterocycles. The summed E-state index contributed by atoms with van der Waals surface area (Å²) < 4.78 is 27.3. The van der Waals surface area contributed by atoms with Crippen molar-refractivity contribution in [2.24, 2.45) is 0 Å². The molecule has 0 amide bonds. The minimum Gasteiger partial charge on any atom is -0.316 e. The van der Waals surface area contributed by atoms with Crippen LogP contribution in [0.4, 0.5) is 0 Å². The Kier molecular flexibility index (Phi) is 6.90. The smallest absolute Gasteiger partial charge is 0.242 e. The van der Waals surface area contributed by atoms with Crippen LogP contribution in [-0.2, 0) is 16.6 Å². The van der Waals surface area contributed by atoms with Gasteiger partial charge >= 0.3 is 0 Å². The second-order valence-electron chi connectivity index (χ2n) is 5.03. The molecule has 2 N–H and O–H groups in total. The van der Waals surface area contributed by atoms with E-state index in [1.165, 1.54) is 6.07 Å². The molecule has 0 fully saturated rings. The number of rotatable bonds is 7. The highest BCUT2D eigenvalue weighted by Gasteiger charge is 2.22. The lowest BCUT2D eigenvalue weighted by Crippen LogP contribution is -2.38. The molecule has 120 valence electrons. The fourth-order valence-electron chi connectivity index (χ4n) is 1.61. The van der Waals surface area contributed by atoms with E-state index in [4.69, 9.17) is 23.2 Å². The molecule has 1 unspecified atom stereocenters. The molecule has 21 heavy (non-hydrogen) atoms. The van der Waals surface area contributed by atoms with E-state index in [0.717, 1.165) is 0 Å². The Labute approximate surface area is 136 Å². The molecule has 0 radical (unpaired) electrons. The Morgan fingerprint density at radius 3 is 2.43 bits per heavy atom. The first-order valence-corrected chi connectivity index (χ1v) is 8.72. The zero-order valence-corrected chi connectivity index (χ0v) is 14.9. The van der Waals surface area contributed by atoms with Gasteiger partial charge in [0.1, 0.15) is 4.90 Å². The SMILES string of the molecule is CNCc1c(Cl)ccc(S(=O)(=O)NCC(C)N(C)C)c1Cl. The highest BCUT2D eigenvalue weighted by atomic mass is 35.5. The van der Waals surface area contributed by atoms with Crippen molar-refractivity contribution in [1.29, 1.82) is 0 Å². The van der Waals surface area contributed by atoms with Gasteiger partial charge in [0, 0.05) is 29.7 Å². The van der Waals surface area contributed by atoms with Crippen LogP contribution in [0.5, 0.6) is 0 Å². The zero-order chi connectivity index (χ0) is 16.2. The van der Waals surface area contributed by atoms with Crippen LogP contribution in [0, 0.1) is 0 Å². The van der Waals surface area contributed by atoms with Crippen LogP contribution in [0.3, 0.4) is 0 Å². The molecule has 0 aliphatic heterocycles. The van der Waals surface area contributed by atoms with Crippen LogP contribution in [0.1, 0.15) is 12.5 Å². The van der Waals surface area contributed by atoms with E-state index in [9.17, 15) is 8.42 Å². The summed E-state index contributed by atoms with van der Waals surface area (Å²) in [5, 5.41) is 3.51. The second-order valence-corrected chi connectivity index (χ2v) is 7.55. The first-order chi connectivity index (χ1) is 9.70. The summed E-state index contributed by atoms with van der Waals surface area (Å²) in [7, 11) is 1.85. The van der Waals surface area contributed by atoms with Crippen molar-refractivity contribution in [2.75, 3.05) is 27.7 Å². The van der Waals surface area contributed by atoms with E-state index in [-0.39, 0.29) is 16.0 Å². The fourth-order valence-corrected chi connectivity index (χ4v) is 3.64. The molecule has 1 aromatic carbocycles. The van der Waals surface area contributed by atoms with Gasteiger partial charge in [-0.15, -0.1) is 0 Å². The number of hydrogen-bond acceptors (Lipinski definition) is 4. The molecule has 1 aromatic rings. The maximum absolute atomic E-state index is 12.4. The van der Waals surface area contributed by atoms with Crippen molar-refractivity contribution in [3.05, 3.63) is 27.7 Å². The van der Waals surface area contributed by atoms with Gasteiger partial charge in [-0.1, -0.05) is 23.2 Å². The molecule has 0 aromatic heterocycles. The zero-order valence-electron chi connectivity index (χ0n) is 12.6. The largest absolute Gasteiger partial charge is 0.316 e. The number of halogens is 2. The third-order valence-electron chi connectivity index (χ3n) is 3.24. The van der Waals surface area contributed by atoms with Gasteiger partial charge in [0.25, 0.3) is 0 Å². The van der Waals surface area contributed by atoms with E-state index in [1.54, 1.807) is 13.1 Å². The lowest BCUT2D eigenvalue weighted by molar-refractivity contribution is 0.314. The summed E-state index contributed by atoms with van der Waals surface area (Å²) in [6.45, 7) is 2.63. The number of nitrogens with one attached hydrogen (secondary N) is 2. The first kappa shape index (κ1) is 18.7. The molecule has 0 aliphatic carbocycles. The van der Waals surface area contributed by atoms with Crippen LogP contribution in [0.25, 0.3) is 0 Å². The van der Waals surface area contributed by atoms with Crippen molar-refractivity contribution in [3.8, 4) is 0 Å². The summed E-state index contributed by atoms with van der Waals surface area (Å²) in [6.07, 6.45) is 0. The Balaban J connectivity index is 3.06. The predicted molar refractivity (Wildman–Crippen MR) is 87.6 cm³/mol. The maximum Gasteiger partial charge on any atom is 0.242 e. The average molecular weight is 354 g/mol. The van der Waals surface area contributed by atoms with Crippen LogP contribution in [0.2, 0.25) is 10.0 Å². The molecule has 1 atom stereocenters. The molecule has 0 saturated carbocycles. The van der Waals surface area contributed by atoms with E-state index >= 15 is 0 Å². The number of hydrogen-bond donors (Lipinski definition) is 2. The lowest BCUT2D eigenvalue weighted by Gasteiger charge is -2.20. The monoisotopic (exact) mass is 353 g/mol. The normalized spacial score (nSPS) is 13.7. The van der Waals surface area contributed by atoms with Gasteiger partial charge in [-0.3, -0.25) is 0 Å². The van der Waals surface area contributed by atoms with Crippen LogP contribution in [-0.4, -0.2) is 47.0 Å². The van der Waals surface area contributed by atoms with Gasteiger partial charge in [-0.2, -0.15) is 0 Å². The van der Waals surface area contributed by atoms with E-state index in [0.29, 0.717) is 23.7 Å². The minimum atomic E-state index is -3.67. The van der Waals surface area contributed by atoms with Crippen molar-refractivity contribution < 1.29 is 8.42 Å². The first-order valence-electron chi connectivity index (χ1n) is 6.48. The average Bonchev–Trinajstić information content (AvgIpc) is 2.40. The molecule has 5 nitrogen and oxygen atoms in total. The van der Waals surface area contributed by atoms with Crippen LogP contribution >= 0.6 is 23.2 Å². The maximum atomic E-state index is 12.4. The lowest BCUT2D eigenvalue weighted by atomic mass is 10.2. The summed E-state index contributed by atoms with van der Waals surface area (Å²) in [5.74, 6) is 0. The number of likely N-dealkylation sites (N-methyl/N-ethyl adjacent to an activating group) is 1. The molecule has 0 spiro atoms. The highest BCUT2D eigenvalue weighted by molar-refractivity contribution is 7.89.